The average molecular weight is 236 g/mol. The monoisotopic (exact) mass is 236 g/mol. The Morgan fingerprint density at radius 2 is 2.06 bits per heavy atom. The minimum Gasteiger partial charge on any atom is -0.338 e. The summed E-state index contributed by atoms with van der Waals surface area (Å²) >= 11 is 0. The molecule has 0 spiro atoms. The SMILES string of the molecule is CCC(C#N)(CC)NC(=O)C1CCCC1(C)C. The van der Waals surface area contributed by atoms with E-state index in [1.54, 1.807) is 0 Å². The minimum atomic E-state index is -0.671. The summed E-state index contributed by atoms with van der Waals surface area (Å²) in [4.78, 5) is 12.3. The summed E-state index contributed by atoms with van der Waals surface area (Å²) in [7, 11) is 0. The lowest BCUT2D eigenvalue weighted by molar-refractivity contribution is -0.129. The number of nitriles is 1. The highest BCUT2D eigenvalue weighted by Gasteiger charge is 2.41. The van der Waals surface area contributed by atoms with E-state index in [-0.39, 0.29) is 17.2 Å². The maximum Gasteiger partial charge on any atom is 0.224 e. The Balaban J connectivity index is 2.76. The highest BCUT2D eigenvalue weighted by molar-refractivity contribution is 5.81. The Labute approximate surface area is 105 Å². The number of nitrogens with zero attached hydrogens (tertiary/aromatic N) is 1. The van der Waals surface area contributed by atoms with Crippen molar-refractivity contribution in [2.75, 3.05) is 0 Å². The van der Waals surface area contributed by atoms with Gasteiger partial charge in [0.2, 0.25) is 5.91 Å². The van der Waals surface area contributed by atoms with Gasteiger partial charge in [0.15, 0.2) is 0 Å². The number of amides is 1. The van der Waals surface area contributed by atoms with Crippen molar-refractivity contribution in [2.24, 2.45) is 11.3 Å². The van der Waals surface area contributed by atoms with Crippen molar-refractivity contribution in [3.8, 4) is 6.07 Å². The first-order chi connectivity index (χ1) is 7.90. The lowest BCUT2D eigenvalue weighted by atomic mass is 9.80. The Morgan fingerprint density at radius 1 is 1.47 bits per heavy atom. The van der Waals surface area contributed by atoms with Gasteiger partial charge in [0, 0.05) is 5.92 Å². The van der Waals surface area contributed by atoms with Crippen molar-refractivity contribution in [1.29, 1.82) is 5.26 Å². The Bertz CT molecular complexity index is 324. The summed E-state index contributed by atoms with van der Waals surface area (Å²) in [5, 5.41) is 12.2. The van der Waals surface area contributed by atoms with E-state index in [0.717, 1.165) is 19.3 Å². The van der Waals surface area contributed by atoms with Crippen molar-refractivity contribution in [1.82, 2.24) is 5.32 Å². The van der Waals surface area contributed by atoms with Gasteiger partial charge in [-0.15, -0.1) is 0 Å². The molecule has 1 aliphatic carbocycles. The number of rotatable bonds is 4. The Hall–Kier alpha value is -1.04. The second-order valence-electron chi connectivity index (χ2n) is 5.82. The molecule has 1 atom stereocenters. The highest BCUT2D eigenvalue weighted by Crippen LogP contribution is 2.42. The number of hydrogen-bond donors (Lipinski definition) is 1. The first-order valence-electron chi connectivity index (χ1n) is 6.64. The summed E-state index contributed by atoms with van der Waals surface area (Å²) < 4.78 is 0. The predicted molar refractivity (Wildman–Crippen MR) is 68.2 cm³/mol. The fourth-order valence-electron chi connectivity index (χ4n) is 2.75. The van der Waals surface area contributed by atoms with Gasteiger partial charge >= 0.3 is 0 Å². The van der Waals surface area contributed by atoms with E-state index in [1.807, 2.05) is 13.8 Å². The lowest BCUT2D eigenvalue weighted by Gasteiger charge is -2.31. The van der Waals surface area contributed by atoms with Gasteiger partial charge in [-0.05, 0) is 31.1 Å². The van der Waals surface area contributed by atoms with Crippen LogP contribution in [0.3, 0.4) is 0 Å². The van der Waals surface area contributed by atoms with Crippen LogP contribution in [0, 0.1) is 22.7 Å². The molecule has 17 heavy (non-hydrogen) atoms. The van der Waals surface area contributed by atoms with Gasteiger partial charge in [0.05, 0.1) is 6.07 Å². The average Bonchev–Trinajstić information content (AvgIpc) is 2.66. The van der Waals surface area contributed by atoms with E-state index in [9.17, 15) is 10.1 Å². The molecular formula is C14H24N2O. The summed E-state index contributed by atoms with van der Waals surface area (Å²) in [6.07, 6.45) is 4.50. The van der Waals surface area contributed by atoms with Gasteiger partial charge in [-0.2, -0.15) is 5.26 Å². The first kappa shape index (κ1) is 14.0. The van der Waals surface area contributed by atoms with Crippen molar-refractivity contribution in [2.45, 2.75) is 65.3 Å². The molecule has 1 aliphatic rings. The molecule has 1 unspecified atom stereocenters. The second-order valence-corrected chi connectivity index (χ2v) is 5.82. The van der Waals surface area contributed by atoms with Crippen LogP contribution < -0.4 is 5.32 Å². The number of carbonyl (C=O) groups is 1. The number of carbonyl (C=O) groups excluding carboxylic acids is 1. The molecule has 96 valence electrons. The van der Waals surface area contributed by atoms with Crippen LogP contribution in [0.15, 0.2) is 0 Å². The molecule has 1 saturated carbocycles. The maximum atomic E-state index is 12.3. The molecule has 0 bridgehead atoms. The summed E-state index contributed by atoms with van der Waals surface area (Å²) in [5.41, 5.74) is -0.595. The first-order valence-corrected chi connectivity index (χ1v) is 6.64. The van der Waals surface area contributed by atoms with E-state index in [4.69, 9.17) is 0 Å². The lowest BCUT2D eigenvalue weighted by Crippen LogP contribution is -2.50. The molecule has 3 heteroatoms. The van der Waals surface area contributed by atoms with Gasteiger partial charge in [-0.25, -0.2) is 0 Å². The van der Waals surface area contributed by atoms with Crippen molar-refractivity contribution in [3.05, 3.63) is 0 Å². The molecule has 0 aromatic carbocycles. The van der Waals surface area contributed by atoms with Gasteiger partial charge < -0.3 is 5.32 Å². The second kappa shape index (κ2) is 5.08. The molecule has 1 N–H and O–H groups in total. The van der Waals surface area contributed by atoms with Crippen LogP contribution in [0.4, 0.5) is 0 Å². The smallest absolute Gasteiger partial charge is 0.224 e. The van der Waals surface area contributed by atoms with Gasteiger partial charge in [-0.1, -0.05) is 34.1 Å². The van der Waals surface area contributed by atoms with Crippen LogP contribution in [0.25, 0.3) is 0 Å². The van der Waals surface area contributed by atoms with Gasteiger partial charge in [0.1, 0.15) is 5.54 Å². The van der Waals surface area contributed by atoms with Crippen molar-refractivity contribution < 1.29 is 4.79 Å². The number of hydrogen-bond acceptors (Lipinski definition) is 2. The third-order valence-electron chi connectivity index (χ3n) is 4.36. The van der Waals surface area contributed by atoms with Crippen molar-refractivity contribution >= 4 is 5.91 Å². The van der Waals surface area contributed by atoms with Gasteiger partial charge in [-0.3, -0.25) is 4.79 Å². The molecular weight excluding hydrogens is 212 g/mol. The zero-order valence-electron chi connectivity index (χ0n) is 11.5. The molecule has 0 radical (unpaired) electrons. The van der Waals surface area contributed by atoms with Gasteiger partial charge in [0.25, 0.3) is 0 Å². The third kappa shape index (κ3) is 2.80. The molecule has 3 nitrogen and oxygen atoms in total. The van der Waals surface area contributed by atoms with Crippen LogP contribution in [-0.4, -0.2) is 11.4 Å². The fraction of sp³-hybridized carbons (Fsp3) is 0.857. The quantitative estimate of drug-likeness (QED) is 0.815. The topological polar surface area (TPSA) is 52.9 Å². The Morgan fingerprint density at radius 3 is 2.41 bits per heavy atom. The molecule has 1 amide bonds. The van der Waals surface area contributed by atoms with E-state index < -0.39 is 5.54 Å². The van der Waals surface area contributed by atoms with Crippen LogP contribution in [0.2, 0.25) is 0 Å². The van der Waals surface area contributed by atoms with E-state index in [1.165, 1.54) is 0 Å². The highest BCUT2D eigenvalue weighted by atomic mass is 16.2. The summed E-state index contributed by atoms with van der Waals surface area (Å²) in [5.74, 6) is 0.131. The summed E-state index contributed by atoms with van der Waals surface area (Å²) in [6.45, 7) is 8.20. The molecule has 0 saturated heterocycles. The largest absolute Gasteiger partial charge is 0.338 e. The van der Waals surface area contributed by atoms with E-state index >= 15 is 0 Å². The minimum absolute atomic E-state index is 0.0633. The van der Waals surface area contributed by atoms with Crippen LogP contribution in [0.1, 0.15) is 59.8 Å². The standard InChI is InChI=1S/C14H24N2O/c1-5-14(6-2,10-15)16-12(17)11-8-7-9-13(11,3)4/h11H,5-9H2,1-4H3,(H,16,17). The molecule has 0 aromatic rings. The van der Waals surface area contributed by atoms with Crippen LogP contribution >= 0.6 is 0 Å². The van der Waals surface area contributed by atoms with E-state index in [2.05, 4.69) is 25.2 Å². The summed E-state index contributed by atoms with van der Waals surface area (Å²) in [6, 6.07) is 2.26. The molecule has 1 rings (SSSR count). The molecule has 0 aromatic heterocycles. The molecule has 0 aliphatic heterocycles. The fourth-order valence-corrected chi connectivity index (χ4v) is 2.75. The Kier molecular flexibility index (Phi) is 4.19. The van der Waals surface area contributed by atoms with E-state index in [0.29, 0.717) is 12.8 Å². The number of nitrogens with one attached hydrogen (secondary N) is 1. The molecule has 0 heterocycles. The van der Waals surface area contributed by atoms with Crippen molar-refractivity contribution in [3.63, 3.8) is 0 Å². The zero-order valence-corrected chi connectivity index (χ0v) is 11.5. The predicted octanol–water partition coefficient (Wildman–Crippen LogP) is 3.01. The zero-order chi connectivity index (χ0) is 13.1. The maximum absolute atomic E-state index is 12.3. The van der Waals surface area contributed by atoms with Crippen LogP contribution in [-0.2, 0) is 4.79 Å². The van der Waals surface area contributed by atoms with Crippen LogP contribution in [0.5, 0.6) is 0 Å². The third-order valence-corrected chi connectivity index (χ3v) is 4.36. The molecule has 1 fully saturated rings. The normalized spacial score (nSPS) is 23.1.